The van der Waals surface area contributed by atoms with Crippen LogP contribution in [0.1, 0.15) is 32.2 Å². The number of fused-ring (bicyclic) bond motifs is 1. The van der Waals surface area contributed by atoms with Crippen LogP contribution in [0.25, 0.3) is 5.52 Å². The molecule has 1 amide bonds. The van der Waals surface area contributed by atoms with Gasteiger partial charge in [0, 0.05) is 11.7 Å². The number of pyridine rings is 1. The number of carboxylic acid groups (broad SMARTS) is 1. The molecule has 120 valence electrons. The first-order valence-corrected chi connectivity index (χ1v) is 6.54. The number of imidazole rings is 1. The molecule has 1 N–H and O–H groups in total. The van der Waals surface area contributed by atoms with Crippen molar-refractivity contribution in [3.63, 3.8) is 0 Å². The highest BCUT2D eigenvalue weighted by Gasteiger charge is 2.36. The zero-order valence-electron chi connectivity index (χ0n) is 12.3. The lowest BCUT2D eigenvalue weighted by Crippen LogP contribution is -2.44. The molecule has 0 saturated heterocycles. The third-order valence-electron chi connectivity index (χ3n) is 3.22. The first-order valence-electron chi connectivity index (χ1n) is 6.54. The Morgan fingerprint density at radius 3 is 2.45 bits per heavy atom. The maximum Gasteiger partial charge on any atom is 0.450 e. The normalized spacial score (nSPS) is 12.6. The molecular formula is C14H16F3N3O2. The lowest BCUT2D eigenvalue weighted by atomic mass is 10.1. The summed E-state index contributed by atoms with van der Waals surface area (Å²) in [6.45, 7) is 5.15. The maximum absolute atomic E-state index is 12.9. The molecule has 2 aromatic rings. The average molecular weight is 315 g/mol. The van der Waals surface area contributed by atoms with E-state index in [9.17, 15) is 23.1 Å². The fraction of sp³-hybridized carbons (Fsp3) is 0.429. The lowest BCUT2D eigenvalue weighted by molar-refractivity contribution is -0.145. The minimum Gasteiger partial charge on any atom is -0.465 e. The Bertz CT molecular complexity index is 701. The third kappa shape index (κ3) is 3.15. The van der Waals surface area contributed by atoms with Gasteiger partial charge in [-0.3, -0.25) is 9.30 Å². The fourth-order valence-electron chi connectivity index (χ4n) is 2.11. The van der Waals surface area contributed by atoms with Gasteiger partial charge in [-0.15, -0.1) is 0 Å². The van der Waals surface area contributed by atoms with Crippen molar-refractivity contribution in [3.05, 3.63) is 35.9 Å². The number of carbonyl (C=O) groups is 1. The molecule has 0 bridgehead atoms. The van der Waals surface area contributed by atoms with Gasteiger partial charge < -0.3 is 5.11 Å². The number of amides is 1. The summed E-state index contributed by atoms with van der Waals surface area (Å²) in [5.74, 6) is -1.03. The molecule has 0 unspecified atom stereocenters. The van der Waals surface area contributed by atoms with Crippen molar-refractivity contribution in [1.82, 2.24) is 14.3 Å². The van der Waals surface area contributed by atoms with Crippen LogP contribution in [0, 0.1) is 0 Å². The van der Waals surface area contributed by atoms with E-state index in [4.69, 9.17) is 0 Å². The minimum absolute atomic E-state index is 0.00967. The zero-order valence-corrected chi connectivity index (χ0v) is 12.3. The van der Waals surface area contributed by atoms with Gasteiger partial charge in [0.2, 0.25) is 5.82 Å². The van der Waals surface area contributed by atoms with Crippen LogP contribution in [0.5, 0.6) is 0 Å². The van der Waals surface area contributed by atoms with E-state index >= 15 is 0 Å². The van der Waals surface area contributed by atoms with E-state index in [1.165, 1.54) is 17.2 Å². The zero-order chi connectivity index (χ0) is 16.7. The average Bonchev–Trinajstić information content (AvgIpc) is 2.76. The van der Waals surface area contributed by atoms with Crippen molar-refractivity contribution in [2.75, 3.05) is 0 Å². The summed E-state index contributed by atoms with van der Waals surface area (Å²) in [4.78, 5) is 15.9. The van der Waals surface area contributed by atoms with Gasteiger partial charge in [0.05, 0.1) is 18.3 Å². The predicted octanol–water partition coefficient (Wildman–Crippen LogP) is 3.63. The molecule has 0 aliphatic heterocycles. The molecule has 22 heavy (non-hydrogen) atoms. The highest BCUT2D eigenvalue weighted by molar-refractivity contribution is 5.66. The van der Waals surface area contributed by atoms with Crippen LogP contribution >= 0.6 is 0 Å². The number of rotatable bonds is 2. The minimum atomic E-state index is -4.57. The standard InChI is InChI=1S/C14H16F3N3O2/c1-13(2,3)20(12(21)22)8-9-4-5-10-6-18-11(14(15,16)17)19(10)7-9/h4-7H,8H2,1-3H3,(H,21,22). The summed E-state index contributed by atoms with van der Waals surface area (Å²) in [5.41, 5.74) is 0.0878. The van der Waals surface area contributed by atoms with Crippen molar-refractivity contribution in [2.45, 2.75) is 39.0 Å². The second-order valence-electron chi connectivity index (χ2n) is 5.95. The van der Waals surface area contributed by atoms with E-state index in [1.807, 2.05) is 0 Å². The van der Waals surface area contributed by atoms with Crippen LogP contribution in [0.4, 0.5) is 18.0 Å². The first kappa shape index (κ1) is 16.1. The van der Waals surface area contributed by atoms with Gasteiger partial charge >= 0.3 is 12.3 Å². The third-order valence-corrected chi connectivity index (χ3v) is 3.22. The van der Waals surface area contributed by atoms with Gasteiger partial charge in [0.1, 0.15) is 0 Å². The van der Waals surface area contributed by atoms with E-state index in [0.29, 0.717) is 11.1 Å². The predicted molar refractivity (Wildman–Crippen MR) is 73.5 cm³/mol. The largest absolute Gasteiger partial charge is 0.465 e. The van der Waals surface area contributed by atoms with E-state index in [1.54, 1.807) is 26.8 Å². The summed E-state index contributed by atoms with van der Waals surface area (Å²) in [7, 11) is 0. The molecule has 0 aliphatic carbocycles. The van der Waals surface area contributed by atoms with Crippen molar-refractivity contribution in [1.29, 1.82) is 0 Å². The Morgan fingerprint density at radius 1 is 1.32 bits per heavy atom. The number of halogens is 3. The van der Waals surface area contributed by atoms with Crippen molar-refractivity contribution in [3.8, 4) is 0 Å². The summed E-state index contributed by atoms with van der Waals surface area (Å²) < 4.78 is 39.6. The number of nitrogens with zero attached hydrogens (tertiary/aromatic N) is 3. The summed E-state index contributed by atoms with van der Waals surface area (Å²) in [6, 6.07) is 3.08. The Balaban J connectivity index is 2.43. The van der Waals surface area contributed by atoms with Gasteiger partial charge in [-0.2, -0.15) is 13.2 Å². The number of alkyl halides is 3. The molecule has 0 aliphatic rings. The Kier molecular flexibility index (Phi) is 3.80. The second kappa shape index (κ2) is 5.19. The van der Waals surface area contributed by atoms with Crippen LogP contribution in [0.3, 0.4) is 0 Å². The SMILES string of the molecule is CC(C)(C)N(Cc1ccc2cnc(C(F)(F)F)n2c1)C(=O)O. The van der Waals surface area contributed by atoms with Gasteiger partial charge in [-0.1, -0.05) is 6.07 Å². The van der Waals surface area contributed by atoms with E-state index in [0.717, 1.165) is 10.6 Å². The van der Waals surface area contributed by atoms with E-state index < -0.39 is 23.6 Å². The number of hydrogen-bond acceptors (Lipinski definition) is 2. The molecule has 0 radical (unpaired) electrons. The number of hydrogen-bond donors (Lipinski definition) is 1. The molecular weight excluding hydrogens is 299 g/mol. The molecule has 0 fully saturated rings. The molecule has 2 rings (SSSR count). The van der Waals surface area contributed by atoms with Crippen LogP contribution in [0.15, 0.2) is 24.5 Å². The molecule has 0 saturated carbocycles. The maximum atomic E-state index is 12.9. The summed E-state index contributed by atoms with van der Waals surface area (Å²) >= 11 is 0. The fourth-order valence-corrected chi connectivity index (χ4v) is 2.11. The summed E-state index contributed by atoms with van der Waals surface area (Å²) in [5, 5.41) is 9.25. The van der Waals surface area contributed by atoms with Crippen LogP contribution in [-0.4, -0.2) is 31.0 Å². The first-order chi connectivity index (χ1) is 10.00. The molecule has 2 heterocycles. The van der Waals surface area contributed by atoms with Crippen molar-refractivity contribution < 1.29 is 23.1 Å². The van der Waals surface area contributed by atoms with Crippen LogP contribution < -0.4 is 0 Å². The number of aromatic nitrogens is 2. The van der Waals surface area contributed by atoms with Gasteiger partial charge in [0.25, 0.3) is 0 Å². The van der Waals surface area contributed by atoms with E-state index in [-0.39, 0.29) is 6.54 Å². The smallest absolute Gasteiger partial charge is 0.450 e. The monoisotopic (exact) mass is 315 g/mol. The molecule has 0 atom stereocenters. The van der Waals surface area contributed by atoms with Crippen LogP contribution in [-0.2, 0) is 12.7 Å². The summed E-state index contributed by atoms with van der Waals surface area (Å²) in [6.07, 6.45) is -3.30. The van der Waals surface area contributed by atoms with Gasteiger partial charge in [-0.25, -0.2) is 9.78 Å². The van der Waals surface area contributed by atoms with Gasteiger partial charge in [-0.05, 0) is 32.4 Å². The van der Waals surface area contributed by atoms with E-state index in [2.05, 4.69) is 4.98 Å². The molecule has 0 aromatic carbocycles. The molecule has 0 spiro atoms. The Hall–Kier alpha value is -2.25. The quantitative estimate of drug-likeness (QED) is 0.920. The molecule has 2 aromatic heterocycles. The van der Waals surface area contributed by atoms with Gasteiger partial charge in [0.15, 0.2) is 0 Å². The highest BCUT2D eigenvalue weighted by atomic mass is 19.4. The second-order valence-corrected chi connectivity index (χ2v) is 5.95. The molecule has 5 nitrogen and oxygen atoms in total. The Labute approximate surface area is 125 Å². The highest BCUT2D eigenvalue weighted by Crippen LogP contribution is 2.29. The molecule has 8 heteroatoms. The van der Waals surface area contributed by atoms with Crippen molar-refractivity contribution >= 4 is 11.6 Å². The Morgan fingerprint density at radius 2 is 1.95 bits per heavy atom. The topological polar surface area (TPSA) is 57.8 Å². The lowest BCUT2D eigenvalue weighted by Gasteiger charge is -2.33. The van der Waals surface area contributed by atoms with Crippen molar-refractivity contribution in [2.24, 2.45) is 0 Å². The van der Waals surface area contributed by atoms with Crippen LogP contribution in [0.2, 0.25) is 0 Å².